The fourth-order valence-corrected chi connectivity index (χ4v) is 4.22. The quantitative estimate of drug-likeness (QED) is 0.424. The number of esters is 1. The van der Waals surface area contributed by atoms with Gasteiger partial charge in [-0.05, 0) is 37.3 Å². The van der Waals surface area contributed by atoms with Crippen LogP contribution in [0.4, 0.5) is 0 Å². The van der Waals surface area contributed by atoms with Gasteiger partial charge in [0.25, 0.3) is 0 Å². The minimum atomic E-state index is -0.559. The lowest BCUT2D eigenvalue weighted by Gasteiger charge is -2.04. The standard InChI is InChI=1S/C22H20N2O6S/c1-4-29-16-7-5-6-13-10-17(30-20(13)16)21(26)23-22-24(12-19(25)28-3)15-9-8-14(27-2)11-18(15)31-22/h5-11H,4,12H2,1-3H3. The van der Waals surface area contributed by atoms with Crippen molar-refractivity contribution in [1.29, 1.82) is 0 Å². The molecule has 0 radical (unpaired) electrons. The van der Waals surface area contributed by atoms with E-state index in [0.717, 1.165) is 15.6 Å². The van der Waals surface area contributed by atoms with Crippen molar-refractivity contribution in [3.8, 4) is 11.5 Å². The molecule has 0 saturated carbocycles. The van der Waals surface area contributed by atoms with Gasteiger partial charge in [0.15, 0.2) is 21.9 Å². The fourth-order valence-electron chi connectivity index (χ4n) is 3.17. The molecule has 0 aliphatic rings. The maximum atomic E-state index is 12.9. The molecule has 0 atom stereocenters. The van der Waals surface area contributed by atoms with E-state index in [9.17, 15) is 9.59 Å². The molecule has 0 fully saturated rings. The summed E-state index contributed by atoms with van der Waals surface area (Å²) >= 11 is 1.27. The summed E-state index contributed by atoms with van der Waals surface area (Å²) < 4.78 is 23.8. The molecule has 2 aromatic heterocycles. The molecule has 31 heavy (non-hydrogen) atoms. The fraction of sp³-hybridized carbons (Fsp3) is 0.227. The van der Waals surface area contributed by atoms with Crippen LogP contribution < -0.4 is 14.3 Å². The molecule has 0 bridgehead atoms. The number of nitrogens with zero attached hydrogens (tertiary/aromatic N) is 2. The van der Waals surface area contributed by atoms with Gasteiger partial charge in [0.1, 0.15) is 12.3 Å². The molecule has 0 N–H and O–H groups in total. The molecule has 8 nitrogen and oxygen atoms in total. The van der Waals surface area contributed by atoms with Crippen LogP contribution in [0.3, 0.4) is 0 Å². The second kappa shape index (κ2) is 8.65. The van der Waals surface area contributed by atoms with Gasteiger partial charge in [0.05, 0.1) is 31.0 Å². The maximum absolute atomic E-state index is 12.9. The summed E-state index contributed by atoms with van der Waals surface area (Å²) in [5, 5.41) is 0.744. The molecule has 4 rings (SSSR count). The van der Waals surface area contributed by atoms with Crippen molar-refractivity contribution in [2.24, 2.45) is 4.99 Å². The summed E-state index contributed by atoms with van der Waals surface area (Å²) in [6.07, 6.45) is 0. The number of hydrogen-bond acceptors (Lipinski definition) is 7. The van der Waals surface area contributed by atoms with Crippen LogP contribution in [0.5, 0.6) is 11.5 Å². The highest BCUT2D eigenvalue weighted by molar-refractivity contribution is 7.16. The van der Waals surface area contributed by atoms with Crippen LogP contribution in [0.1, 0.15) is 17.5 Å². The molecule has 0 unspecified atom stereocenters. The van der Waals surface area contributed by atoms with E-state index in [0.29, 0.717) is 28.5 Å². The SMILES string of the molecule is CCOc1cccc2cc(C(=O)N=c3sc4cc(OC)ccc4n3CC(=O)OC)oc12. The normalized spacial score (nSPS) is 11.8. The summed E-state index contributed by atoms with van der Waals surface area (Å²) in [4.78, 5) is 29.5. The van der Waals surface area contributed by atoms with Crippen LogP contribution in [0.25, 0.3) is 21.2 Å². The molecular weight excluding hydrogens is 420 g/mol. The number of para-hydroxylation sites is 1. The van der Waals surface area contributed by atoms with E-state index in [1.165, 1.54) is 18.4 Å². The molecule has 0 spiro atoms. The Morgan fingerprint density at radius 2 is 2.00 bits per heavy atom. The third-order valence-electron chi connectivity index (χ3n) is 4.62. The van der Waals surface area contributed by atoms with Gasteiger partial charge in [0, 0.05) is 5.39 Å². The monoisotopic (exact) mass is 440 g/mol. The predicted octanol–water partition coefficient (Wildman–Crippen LogP) is 3.77. The molecule has 9 heteroatoms. The lowest BCUT2D eigenvalue weighted by Crippen LogP contribution is -2.22. The zero-order chi connectivity index (χ0) is 22.0. The smallest absolute Gasteiger partial charge is 0.325 e. The van der Waals surface area contributed by atoms with Crippen LogP contribution in [0.2, 0.25) is 0 Å². The van der Waals surface area contributed by atoms with Crippen molar-refractivity contribution >= 4 is 44.4 Å². The highest BCUT2D eigenvalue weighted by Gasteiger charge is 2.17. The van der Waals surface area contributed by atoms with E-state index in [2.05, 4.69) is 4.99 Å². The zero-order valence-corrected chi connectivity index (χ0v) is 18.0. The first-order chi connectivity index (χ1) is 15.0. The first kappa shape index (κ1) is 20.7. The number of carbonyl (C=O) groups excluding carboxylic acids is 2. The van der Waals surface area contributed by atoms with Crippen molar-refractivity contribution in [1.82, 2.24) is 4.57 Å². The molecule has 0 saturated heterocycles. The number of amides is 1. The van der Waals surface area contributed by atoms with Gasteiger partial charge in [-0.3, -0.25) is 9.59 Å². The second-order valence-electron chi connectivity index (χ2n) is 6.52. The predicted molar refractivity (Wildman–Crippen MR) is 116 cm³/mol. The average Bonchev–Trinajstić information content (AvgIpc) is 3.36. The number of ether oxygens (including phenoxy) is 3. The minimum absolute atomic E-state index is 0.0798. The topological polar surface area (TPSA) is 92.3 Å². The third-order valence-corrected chi connectivity index (χ3v) is 5.66. The molecule has 1 amide bonds. The Labute approximate surface area is 181 Å². The zero-order valence-electron chi connectivity index (χ0n) is 17.2. The molecule has 160 valence electrons. The summed E-state index contributed by atoms with van der Waals surface area (Å²) in [5.74, 6) is 0.304. The molecule has 2 heterocycles. The van der Waals surface area contributed by atoms with Crippen molar-refractivity contribution in [2.75, 3.05) is 20.8 Å². The highest BCUT2D eigenvalue weighted by atomic mass is 32.1. The van der Waals surface area contributed by atoms with Gasteiger partial charge in [-0.15, -0.1) is 0 Å². The molecular formula is C22H20N2O6S. The number of thiazole rings is 1. The Kier molecular flexibility index (Phi) is 5.77. The van der Waals surface area contributed by atoms with Crippen molar-refractivity contribution in [3.05, 3.63) is 53.0 Å². The Morgan fingerprint density at radius 3 is 2.74 bits per heavy atom. The van der Waals surface area contributed by atoms with Crippen LogP contribution in [-0.4, -0.2) is 37.3 Å². The van der Waals surface area contributed by atoms with E-state index >= 15 is 0 Å². The molecule has 4 aromatic rings. The first-order valence-electron chi connectivity index (χ1n) is 9.52. The summed E-state index contributed by atoms with van der Waals surface area (Å²) in [7, 11) is 2.89. The number of methoxy groups -OCH3 is 2. The Morgan fingerprint density at radius 1 is 1.16 bits per heavy atom. The lowest BCUT2D eigenvalue weighted by atomic mass is 10.2. The molecule has 0 aliphatic heterocycles. The summed E-state index contributed by atoms with van der Waals surface area (Å²) in [5.41, 5.74) is 1.23. The van der Waals surface area contributed by atoms with Crippen LogP contribution in [0.15, 0.2) is 51.9 Å². The Hall–Kier alpha value is -3.59. The third kappa shape index (κ3) is 4.04. The first-order valence-corrected chi connectivity index (χ1v) is 10.3. The van der Waals surface area contributed by atoms with Crippen LogP contribution in [0, 0.1) is 0 Å². The van der Waals surface area contributed by atoms with E-state index in [4.69, 9.17) is 18.6 Å². The highest BCUT2D eigenvalue weighted by Crippen LogP contribution is 2.29. The second-order valence-corrected chi connectivity index (χ2v) is 7.52. The van der Waals surface area contributed by atoms with Crippen molar-refractivity contribution < 1.29 is 28.2 Å². The van der Waals surface area contributed by atoms with Gasteiger partial charge in [0.2, 0.25) is 0 Å². The van der Waals surface area contributed by atoms with Crippen molar-refractivity contribution in [2.45, 2.75) is 13.5 Å². The Balaban J connectivity index is 1.81. The van der Waals surface area contributed by atoms with Crippen LogP contribution in [-0.2, 0) is 16.1 Å². The summed E-state index contributed by atoms with van der Waals surface area (Å²) in [6.45, 7) is 2.27. The average molecular weight is 440 g/mol. The van der Waals surface area contributed by atoms with Crippen molar-refractivity contribution in [3.63, 3.8) is 0 Å². The van der Waals surface area contributed by atoms with E-state index in [1.807, 2.05) is 31.2 Å². The van der Waals surface area contributed by atoms with Gasteiger partial charge in [-0.2, -0.15) is 4.99 Å². The van der Waals surface area contributed by atoms with E-state index < -0.39 is 11.9 Å². The van der Waals surface area contributed by atoms with Gasteiger partial charge >= 0.3 is 11.9 Å². The number of furan rings is 1. The van der Waals surface area contributed by atoms with E-state index in [-0.39, 0.29) is 12.3 Å². The lowest BCUT2D eigenvalue weighted by molar-refractivity contribution is -0.141. The van der Waals surface area contributed by atoms with Gasteiger partial charge < -0.3 is 23.2 Å². The summed E-state index contributed by atoms with van der Waals surface area (Å²) in [6, 6.07) is 12.5. The largest absolute Gasteiger partial charge is 0.497 e. The number of hydrogen-bond donors (Lipinski definition) is 0. The molecule has 0 aliphatic carbocycles. The number of fused-ring (bicyclic) bond motifs is 2. The number of rotatable bonds is 6. The number of carbonyl (C=O) groups is 2. The molecule has 2 aromatic carbocycles. The minimum Gasteiger partial charge on any atom is -0.497 e. The number of benzene rings is 2. The van der Waals surface area contributed by atoms with Gasteiger partial charge in [-0.1, -0.05) is 23.5 Å². The maximum Gasteiger partial charge on any atom is 0.325 e. The number of aromatic nitrogens is 1. The Bertz CT molecular complexity index is 1350. The van der Waals surface area contributed by atoms with Gasteiger partial charge in [-0.25, -0.2) is 0 Å². The van der Waals surface area contributed by atoms with Crippen LogP contribution >= 0.6 is 11.3 Å². The van der Waals surface area contributed by atoms with E-state index in [1.54, 1.807) is 29.9 Å².